The lowest BCUT2D eigenvalue weighted by molar-refractivity contribution is -0.144. The van der Waals surface area contributed by atoms with Gasteiger partial charge in [-0.3, -0.25) is 0 Å². The van der Waals surface area contributed by atoms with Crippen LogP contribution in [-0.4, -0.2) is 16.1 Å². The normalized spacial score (nSPS) is 13.1. The molecule has 20 heavy (non-hydrogen) atoms. The van der Waals surface area contributed by atoms with Gasteiger partial charge in [-0.15, -0.1) is 0 Å². The maximum absolute atomic E-state index is 13.1. The molecule has 0 radical (unpaired) electrons. The number of aryl methyl sites for hydroxylation is 1. The minimum Gasteiger partial charge on any atom is -0.355 e. The molecule has 0 aliphatic heterocycles. The van der Waals surface area contributed by atoms with Crippen LogP contribution in [0.5, 0.6) is 0 Å². The van der Waals surface area contributed by atoms with E-state index >= 15 is 0 Å². The molecular formula is C13H11ClF3N3. The number of nitrogens with zero attached hydrogens (tertiary/aromatic N) is 2. The number of rotatable bonds is 3. The monoisotopic (exact) mass is 301 g/mol. The van der Waals surface area contributed by atoms with Gasteiger partial charge in [-0.1, -0.05) is 23.7 Å². The van der Waals surface area contributed by atoms with Crippen molar-refractivity contribution in [1.82, 2.24) is 9.97 Å². The van der Waals surface area contributed by atoms with Crippen LogP contribution in [0.25, 0.3) is 0 Å². The predicted molar refractivity (Wildman–Crippen MR) is 70.6 cm³/mol. The molecule has 2 aromatic heterocycles. The number of hydrogen-bond donors (Lipinski definition) is 1. The van der Waals surface area contributed by atoms with E-state index < -0.39 is 12.2 Å². The van der Waals surface area contributed by atoms with Crippen molar-refractivity contribution in [3.8, 4) is 0 Å². The molecule has 0 aliphatic carbocycles. The molecule has 1 N–H and O–H groups in total. The second-order valence-corrected chi connectivity index (χ2v) is 4.58. The van der Waals surface area contributed by atoms with Crippen molar-refractivity contribution in [2.45, 2.75) is 19.1 Å². The number of hydrogen-bond acceptors (Lipinski definition) is 3. The number of halogens is 4. The van der Waals surface area contributed by atoms with Crippen molar-refractivity contribution >= 4 is 17.4 Å². The van der Waals surface area contributed by atoms with E-state index in [0.717, 1.165) is 6.20 Å². The zero-order valence-corrected chi connectivity index (χ0v) is 11.2. The molecule has 2 heterocycles. The Kier molecular flexibility index (Phi) is 4.13. The highest BCUT2D eigenvalue weighted by molar-refractivity contribution is 6.29. The van der Waals surface area contributed by atoms with E-state index in [9.17, 15) is 13.2 Å². The zero-order chi connectivity index (χ0) is 14.8. The molecule has 0 aromatic carbocycles. The van der Waals surface area contributed by atoms with Crippen molar-refractivity contribution in [2.24, 2.45) is 0 Å². The van der Waals surface area contributed by atoms with Crippen LogP contribution < -0.4 is 5.32 Å². The molecule has 0 saturated heterocycles. The first-order chi connectivity index (χ1) is 9.36. The first-order valence-corrected chi connectivity index (χ1v) is 6.12. The summed E-state index contributed by atoms with van der Waals surface area (Å²) in [4.78, 5) is 7.69. The number of alkyl halides is 3. The lowest BCUT2D eigenvalue weighted by atomic mass is 10.1. The van der Waals surface area contributed by atoms with Gasteiger partial charge in [0.2, 0.25) is 0 Å². The Hall–Kier alpha value is -1.82. The van der Waals surface area contributed by atoms with E-state index in [0.29, 0.717) is 5.69 Å². The molecular weight excluding hydrogens is 291 g/mol. The highest BCUT2D eigenvalue weighted by Crippen LogP contribution is 2.35. The summed E-state index contributed by atoms with van der Waals surface area (Å²) in [6, 6.07) is 5.55. The van der Waals surface area contributed by atoms with E-state index in [1.54, 1.807) is 19.1 Å². The van der Waals surface area contributed by atoms with Crippen molar-refractivity contribution < 1.29 is 13.2 Å². The minimum absolute atomic E-state index is 0.0230. The van der Waals surface area contributed by atoms with Crippen molar-refractivity contribution in [1.29, 1.82) is 0 Å². The van der Waals surface area contributed by atoms with Gasteiger partial charge in [0.1, 0.15) is 11.0 Å². The summed E-state index contributed by atoms with van der Waals surface area (Å²) in [5.41, 5.74) is 0.607. The number of anilines is 1. The number of nitrogens with one attached hydrogen (secondary N) is 1. The Labute approximate surface area is 118 Å². The van der Waals surface area contributed by atoms with Gasteiger partial charge in [0.25, 0.3) is 0 Å². The van der Waals surface area contributed by atoms with Crippen LogP contribution >= 0.6 is 11.6 Å². The first-order valence-electron chi connectivity index (χ1n) is 5.74. The maximum atomic E-state index is 13.1. The molecule has 1 atom stereocenters. The van der Waals surface area contributed by atoms with Crippen LogP contribution in [-0.2, 0) is 0 Å². The van der Waals surface area contributed by atoms with Gasteiger partial charge >= 0.3 is 6.18 Å². The molecule has 106 valence electrons. The van der Waals surface area contributed by atoms with Crippen LogP contribution in [0.2, 0.25) is 5.15 Å². The van der Waals surface area contributed by atoms with Crippen LogP contribution in [0.15, 0.2) is 36.5 Å². The molecule has 0 fully saturated rings. The second-order valence-electron chi connectivity index (χ2n) is 4.20. The van der Waals surface area contributed by atoms with Gasteiger partial charge in [-0.25, -0.2) is 9.97 Å². The zero-order valence-electron chi connectivity index (χ0n) is 10.4. The third kappa shape index (κ3) is 3.60. The van der Waals surface area contributed by atoms with Crippen LogP contribution in [0.1, 0.15) is 17.3 Å². The van der Waals surface area contributed by atoms with E-state index in [2.05, 4.69) is 15.3 Å². The summed E-state index contributed by atoms with van der Waals surface area (Å²) in [6.07, 6.45) is -3.37. The summed E-state index contributed by atoms with van der Waals surface area (Å²) in [6.45, 7) is 1.71. The Bertz CT molecular complexity index is 584. The van der Waals surface area contributed by atoms with E-state index in [1.165, 1.54) is 18.2 Å². The average molecular weight is 302 g/mol. The second kappa shape index (κ2) is 5.66. The fraction of sp³-hybridized carbons (Fsp3) is 0.231. The van der Waals surface area contributed by atoms with Gasteiger partial charge in [0.05, 0.1) is 0 Å². The summed E-state index contributed by atoms with van der Waals surface area (Å²) < 4.78 is 39.4. The quantitative estimate of drug-likeness (QED) is 0.865. The number of pyridine rings is 2. The van der Waals surface area contributed by atoms with E-state index in [-0.39, 0.29) is 16.5 Å². The van der Waals surface area contributed by atoms with Gasteiger partial charge in [0, 0.05) is 17.5 Å². The summed E-state index contributed by atoms with van der Waals surface area (Å²) in [5.74, 6) is 0.155. The number of aromatic nitrogens is 2. The molecule has 7 heteroatoms. The maximum Gasteiger partial charge on any atom is 0.412 e. The summed E-state index contributed by atoms with van der Waals surface area (Å²) in [5, 5.41) is 2.52. The third-order valence-electron chi connectivity index (χ3n) is 2.59. The molecule has 0 amide bonds. The Morgan fingerprint density at radius 2 is 1.95 bits per heavy atom. The van der Waals surface area contributed by atoms with Crippen molar-refractivity contribution in [3.63, 3.8) is 0 Å². The molecule has 2 aromatic rings. The van der Waals surface area contributed by atoms with Gasteiger partial charge in [-0.05, 0) is 25.1 Å². The highest BCUT2D eigenvalue weighted by Gasteiger charge is 2.41. The first kappa shape index (κ1) is 14.6. The highest BCUT2D eigenvalue weighted by atomic mass is 35.5. The average Bonchev–Trinajstić information content (AvgIpc) is 2.36. The molecule has 0 bridgehead atoms. The molecule has 0 spiro atoms. The van der Waals surface area contributed by atoms with Crippen LogP contribution in [0.3, 0.4) is 0 Å². The molecule has 3 nitrogen and oxygen atoms in total. The standard InChI is InChI=1S/C13H11ClF3N3/c1-8-3-2-4-11(19-8)20-12(13(15,16)17)9-5-6-10(14)18-7-9/h2-7,12H,1H3,(H,19,20). The molecule has 0 saturated carbocycles. The summed E-state index contributed by atoms with van der Waals surface area (Å²) >= 11 is 5.59. The summed E-state index contributed by atoms with van der Waals surface area (Å²) in [7, 11) is 0. The molecule has 1 unspecified atom stereocenters. The largest absolute Gasteiger partial charge is 0.412 e. The SMILES string of the molecule is Cc1cccc(NC(c2ccc(Cl)nc2)C(F)(F)F)n1. The van der Waals surface area contributed by atoms with Gasteiger partial charge < -0.3 is 5.32 Å². The van der Waals surface area contributed by atoms with E-state index in [1.807, 2.05) is 0 Å². The Balaban J connectivity index is 2.31. The van der Waals surface area contributed by atoms with E-state index in [4.69, 9.17) is 11.6 Å². The molecule has 0 aliphatic rings. The van der Waals surface area contributed by atoms with Crippen LogP contribution in [0, 0.1) is 6.92 Å². The third-order valence-corrected chi connectivity index (χ3v) is 2.82. The lowest BCUT2D eigenvalue weighted by Gasteiger charge is -2.22. The fourth-order valence-corrected chi connectivity index (χ4v) is 1.80. The minimum atomic E-state index is -4.47. The van der Waals surface area contributed by atoms with Crippen molar-refractivity contribution in [3.05, 3.63) is 52.9 Å². The Morgan fingerprint density at radius 1 is 1.20 bits per heavy atom. The van der Waals surface area contributed by atoms with Gasteiger partial charge in [-0.2, -0.15) is 13.2 Å². The fourth-order valence-electron chi connectivity index (χ4n) is 1.68. The Morgan fingerprint density at radius 3 is 2.50 bits per heavy atom. The topological polar surface area (TPSA) is 37.8 Å². The molecule has 2 rings (SSSR count). The van der Waals surface area contributed by atoms with Crippen molar-refractivity contribution in [2.75, 3.05) is 5.32 Å². The smallest absolute Gasteiger partial charge is 0.355 e. The predicted octanol–water partition coefficient (Wildman–Crippen LogP) is 4.15. The van der Waals surface area contributed by atoms with Crippen LogP contribution in [0.4, 0.5) is 19.0 Å². The van der Waals surface area contributed by atoms with Gasteiger partial charge in [0.15, 0.2) is 6.04 Å². The lowest BCUT2D eigenvalue weighted by Crippen LogP contribution is -2.28.